The Morgan fingerprint density at radius 2 is 1.03 bits per heavy atom. The number of benzene rings is 2. The van der Waals surface area contributed by atoms with Crippen LogP contribution in [0.2, 0.25) is 0 Å². The second-order valence-electron chi connectivity index (χ2n) is 9.85. The van der Waals surface area contributed by atoms with Gasteiger partial charge in [0.05, 0.1) is 0 Å². The molecule has 1 heterocycles. The third-order valence-corrected chi connectivity index (χ3v) is 6.13. The van der Waals surface area contributed by atoms with Gasteiger partial charge in [0.15, 0.2) is 0 Å². The molecule has 3 aromatic rings. The predicted molar refractivity (Wildman–Crippen MR) is 128 cm³/mol. The molecule has 0 amide bonds. The number of rotatable bonds is 6. The minimum atomic E-state index is 0.475. The molecular weight excluding hydrogens is 364 g/mol. The second-order valence-corrected chi connectivity index (χ2v) is 9.85. The van der Waals surface area contributed by atoms with Crippen LogP contribution in [0.1, 0.15) is 107 Å². The third-order valence-electron chi connectivity index (χ3n) is 6.13. The molecule has 0 spiro atoms. The molecule has 2 nitrogen and oxygen atoms in total. The van der Waals surface area contributed by atoms with Gasteiger partial charge in [-0.2, -0.15) is 4.57 Å². The standard InChI is InChI=1S/C28H39N2/c1-18(2)23-12-10-13-24(19(3)4)27(23)29-16-22(9)30(17-29)28-25(20(5)6)14-11-15-26(28)21(7)8/h10-21H,1-9H3/q+1. The van der Waals surface area contributed by atoms with E-state index in [-0.39, 0.29) is 0 Å². The fraction of sp³-hybridized carbons (Fsp3) is 0.464. The maximum atomic E-state index is 2.41. The summed E-state index contributed by atoms with van der Waals surface area (Å²) in [4.78, 5) is 0. The Kier molecular flexibility index (Phi) is 6.55. The van der Waals surface area contributed by atoms with Crippen molar-refractivity contribution < 1.29 is 4.57 Å². The van der Waals surface area contributed by atoms with Crippen LogP contribution in [0, 0.1) is 6.92 Å². The van der Waals surface area contributed by atoms with E-state index < -0.39 is 0 Å². The van der Waals surface area contributed by atoms with Gasteiger partial charge in [0.2, 0.25) is 0 Å². The zero-order valence-electron chi connectivity index (χ0n) is 20.3. The Balaban J connectivity index is 2.30. The number of aryl methyl sites for hydroxylation is 1. The topological polar surface area (TPSA) is 8.81 Å². The van der Waals surface area contributed by atoms with Crippen LogP contribution in [0.4, 0.5) is 0 Å². The molecule has 0 saturated heterocycles. The molecule has 2 aromatic carbocycles. The van der Waals surface area contributed by atoms with Crippen LogP contribution in [0.5, 0.6) is 0 Å². The van der Waals surface area contributed by atoms with Crippen molar-refractivity contribution in [3.63, 3.8) is 0 Å². The van der Waals surface area contributed by atoms with Crippen molar-refractivity contribution in [3.8, 4) is 11.4 Å². The Morgan fingerprint density at radius 1 is 0.633 bits per heavy atom. The van der Waals surface area contributed by atoms with E-state index in [9.17, 15) is 0 Å². The van der Waals surface area contributed by atoms with Crippen molar-refractivity contribution in [1.29, 1.82) is 0 Å². The molecule has 3 rings (SSSR count). The zero-order valence-corrected chi connectivity index (χ0v) is 20.3. The predicted octanol–water partition coefficient (Wildman–Crippen LogP) is 7.56. The summed E-state index contributed by atoms with van der Waals surface area (Å²) in [6.07, 6.45) is 4.60. The van der Waals surface area contributed by atoms with E-state index in [1.54, 1.807) is 0 Å². The monoisotopic (exact) mass is 403 g/mol. The number of hydrogen-bond acceptors (Lipinski definition) is 0. The van der Waals surface area contributed by atoms with Gasteiger partial charge in [-0.3, -0.25) is 0 Å². The molecule has 160 valence electrons. The van der Waals surface area contributed by atoms with Crippen LogP contribution in [-0.4, -0.2) is 4.57 Å². The first-order valence-corrected chi connectivity index (χ1v) is 11.5. The molecule has 1 aromatic heterocycles. The van der Waals surface area contributed by atoms with E-state index in [1.807, 2.05) is 0 Å². The summed E-state index contributed by atoms with van der Waals surface area (Å²) >= 11 is 0. The third kappa shape index (κ3) is 4.10. The average molecular weight is 404 g/mol. The molecule has 0 radical (unpaired) electrons. The molecule has 0 aliphatic heterocycles. The number of nitrogens with zero attached hydrogens (tertiary/aromatic N) is 2. The summed E-state index contributed by atoms with van der Waals surface area (Å²) in [5, 5.41) is 0. The molecule has 0 fully saturated rings. The van der Waals surface area contributed by atoms with Crippen molar-refractivity contribution in [2.45, 2.75) is 86.0 Å². The van der Waals surface area contributed by atoms with E-state index in [2.05, 4.69) is 120 Å². The highest BCUT2D eigenvalue weighted by atomic mass is 15.1. The van der Waals surface area contributed by atoms with Gasteiger partial charge in [-0.25, -0.2) is 4.57 Å². The zero-order chi connectivity index (χ0) is 22.2. The first-order chi connectivity index (χ1) is 14.1. The van der Waals surface area contributed by atoms with E-state index in [1.165, 1.54) is 39.3 Å². The largest absolute Gasteiger partial charge is 0.254 e. The lowest BCUT2D eigenvalue weighted by Gasteiger charge is -2.17. The van der Waals surface area contributed by atoms with E-state index in [4.69, 9.17) is 0 Å². The number of para-hydroxylation sites is 2. The van der Waals surface area contributed by atoms with Crippen LogP contribution >= 0.6 is 0 Å². The van der Waals surface area contributed by atoms with Gasteiger partial charge in [-0.05, 0) is 23.7 Å². The molecule has 30 heavy (non-hydrogen) atoms. The van der Waals surface area contributed by atoms with Crippen LogP contribution in [0.15, 0.2) is 48.9 Å². The summed E-state index contributed by atoms with van der Waals surface area (Å²) in [5.74, 6) is 1.90. The van der Waals surface area contributed by atoms with Gasteiger partial charge in [0.1, 0.15) is 23.3 Å². The van der Waals surface area contributed by atoms with Gasteiger partial charge in [-0.15, -0.1) is 0 Å². The summed E-state index contributed by atoms with van der Waals surface area (Å²) in [6.45, 7) is 20.6. The second kappa shape index (κ2) is 8.79. The average Bonchev–Trinajstić information content (AvgIpc) is 3.07. The maximum Gasteiger partial charge on any atom is 0.254 e. The summed E-state index contributed by atoms with van der Waals surface area (Å²) in [6, 6.07) is 13.6. The molecule has 0 bridgehead atoms. The van der Waals surface area contributed by atoms with Gasteiger partial charge >= 0.3 is 0 Å². The van der Waals surface area contributed by atoms with Gasteiger partial charge in [0.25, 0.3) is 6.33 Å². The summed E-state index contributed by atoms with van der Waals surface area (Å²) < 4.78 is 4.77. The molecule has 0 aliphatic carbocycles. The Morgan fingerprint density at radius 3 is 1.43 bits per heavy atom. The van der Waals surface area contributed by atoms with Crippen molar-refractivity contribution in [1.82, 2.24) is 4.57 Å². The van der Waals surface area contributed by atoms with Crippen molar-refractivity contribution >= 4 is 0 Å². The van der Waals surface area contributed by atoms with Gasteiger partial charge in [-0.1, -0.05) is 91.8 Å². The van der Waals surface area contributed by atoms with Crippen LogP contribution in [0.25, 0.3) is 11.4 Å². The highest BCUT2D eigenvalue weighted by molar-refractivity contribution is 5.52. The Hall–Kier alpha value is -2.35. The molecule has 0 aliphatic rings. The molecule has 2 heteroatoms. The van der Waals surface area contributed by atoms with Gasteiger partial charge in [0, 0.05) is 29.2 Å². The molecular formula is C28H39N2+. The molecule has 0 N–H and O–H groups in total. The van der Waals surface area contributed by atoms with Crippen LogP contribution in [-0.2, 0) is 0 Å². The highest BCUT2D eigenvalue weighted by Crippen LogP contribution is 2.33. The Bertz CT molecular complexity index is 967. The van der Waals surface area contributed by atoms with Crippen LogP contribution < -0.4 is 4.57 Å². The van der Waals surface area contributed by atoms with Crippen molar-refractivity contribution in [2.75, 3.05) is 0 Å². The smallest absolute Gasteiger partial charge is 0.201 e. The first-order valence-electron chi connectivity index (χ1n) is 11.5. The highest BCUT2D eigenvalue weighted by Gasteiger charge is 2.25. The molecule has 0 unspecified atom stereocenters. The lowest BCUT2D eigenvalue weighted by molar-refractivity contribution is -0.596. The summed E-state index contributed by atoms with van der Waals surface area (Å²) in [7, 11) is 0. The minimum absolute atomic E-state index is 0.475. The number of hydrogen-bond donors (Lipinski definition) is 0. The van der Waals surface area contributed by atoms with E-state index in [0.717, 1.165) is 0 Å². The quantitative estimate of drug-likeness (QED) is 0.376. The fourth-order valence-electron chi connectivity index (χ4n) is 4.47. The fourth-order valence-corrected chi connectivity index (χ4v) is 4.47. The first kappa shape index (κ1) is 22.3. The van der Waals surface area contributed by atoms with Crippen molar-refractivity contribution in [3.05, 3.63) is 76.9 Å². The van der Waals surface area contributed by atoms with Crippen molar-refractivity contribution in [2.24, 2.45) is 0 Å². The SMILES string of the molecule is Cc1c[n+](-c2c(C(C)C)cccc2C(C)C)cn1-c1c(C(C)C)cccc1C(C)C. The lowest BCUT2D eigenvalue weighted by Crippen LogP contribution is -2.32. The van der Waals surface area contributed by atoms with E-state index in [0.29, 0.717) is 23.7 Å². The number of imidazole rings is 1. The lowest BCUT2D eigenvalue weighted by atomic mass is 9.92. The minimum Gasteiger partial charge on any atom is -0.201 e. The maximum absolute atomic E-state index is 2.41. The summed E-state index contributed by atoms with van der Waals surface area (Å²) in [5.41, 5.74) is 9.60. The van der Waals surface area contributed by atoms with E-state index >= 15 is 0 Å². The normalized spacial score (nSPS) is 12.0. The van der Waals surface area contributed by atoms with Crippen LogP contribution in [0.3, 0.4) is 0 Å². The van der Waals surface area contributed by atoms with Gasteiger partial charge < -0.3 is 0 Å². The molecule has 0 saturated carbocycles. The number of aromatic nitrogens is 2. The Labute approximate surface area is 183 Å². The molecule has 0 atom stereocenters.